The number of aryl methyl sites for hydroxylation is 1. The predicted octanol–water partition coefficient (Wildman–Crippen LogP) is 2.39. The van der Waals surface area contributed by atoms with Crippen LogP contribution in [0.2, 0.25) is 0 Å². The normalized spacial score (nSPS) is 26.7. The van der Waals surface area contributed by atoms with Crippen LogP contribution in [0.5, 0.6) is 0 Å². The minimum atomic E-state index is -4.77. The fraction of sp³-hybridized carbons (Fsp3) is 0.500. The van der Waals surface area contributed by atoms with Crippen LogP contribution in [-0.4, -0.2) is 30.3 Å². The molecule has 0 unspecified atom stereocenters. The second-order valence-electron chi connectivity index (χ2n) is 5.23. The average Bonchev–Trinajstić information content (AvgIpc) is 2.76. The average molecular weight is 287 g/mol. The second-order valence-corrected chi connectivity index (χ2v) is 5.23. The third-order valence-corrected chi connectivity index (χ3v) is 4.11. The Hall–Kier alpha value is -1.56. The van der Waals surface area contributed by atoms with Gasteiger partial charge in [-0.2, -0.15) is 13.2 Å². The van der Waals surface area contributed by atoms with Gasteiger partial charge in [-0.3, -0.25) is 4.79 Å². The summed E-state index contributed by atoms with van der Waals surface area (Å²) < 4.78 is 39.9. The van der Waals surface area contributed by atoms with Gasteiger partial charge in [-0.25, -0.2) is 0 Å². The zero-order valence-corrected chi connectivity index (χ0v) is 11.0. The van der Waals surface area contributed by atoms with Crippen LogP contribution in [0.1, 0.15) is 11.1 Å². The first kappa shape index (κ1) is 14.8. The molecule has 1 heterocycles. The van der Waals surface area contributed by atoms with E-state index in [1.54, 1.807) is 18.2 Å². The van der Waals surface area contributed by atoms with Gasteiger partial charge in [0.1, 0.15) is 0 Å². The van der Waals surface area contributed by atoms with Crippen LogP contribution < -0.4 is 5.32 Å². The van der Waals surface area contributed by atoms with E-state index in [0.717, 1.165) is 11.1 Å². The number of alkyl halides is 3. The standard InChI is InChI=1S/C14H16F3NO2/c1-9-4-2-3-5-10(9)6-11-7-18-8-13(11,12(19)20)14(15,16)17/h2-5,11,18H,6-8H2,1H3,(H,19,20)/t11-,13-/m1/s1. The first-order valence-corrected chi connectivity index (χ1v) is 6.34. The molecule has 6 heteroatoms. The molecule has 0 bridgehead atoms. The van der Waals surface area contributed by atoms with Gasteiger partial charge in [0.25, 0.3) is 0 Å². The van der Waals surface area contributed by atoms with Gasteiger partial charge in [-0.05, 0) is 31.0 Å². The van der Waals surface area contributed by atoms with E-state index >= 15 is 0 Å². The van der Waals surface area contributed by atoms with Gasteiger partial charge in [0, 0.05) is 12.5 Å². The highest BCUT2D eigenvalue weighted by Crippen LogP contribution is 2.47. The van der Waals surface area contributed by atoms with Gasteiger partial charge in [-0.1, -0.05) is 24.3 Å². The molecule has 1 saturated heterocycles. The summed E-state index contributed by atoms with van der Waals surface area (Å²) in [6, 6.07) is 7.12. The number of carbonyl (C=O) groups is 1. The van der Waals surface area contributed by atoms with E-state index in [9.17, 15) is 18.0 Å². The summed E-state index contributed by atoms with van der Waals surface area (Å²) in [7, 11) is 0. The fourth-order valence-electron chi connectivity index (χ4n) is 2.82. The van der Waals surface area contributed by atoms with Gasteiger partial charge in [0.15, 0.2) is 5.41 Å². The third-order valence-electron chi connectivity index (χ3n) is 4.11. The molecular formula is C14H16F3NO2. The fourth-order valence-corrected chi connectivity index (χ4v) is 2.82. The molecule has 1 aliphatic heterocycles. The lowest BCUT2D eigenvalue weighted by Crippen LogP contribution is -2.51. The van der Waals surface area contributed by atoms with Gasteiger partial charge >= 0.3 is 12.1 Å². The van der Waals surface area contributed by atoms with E-state index in [2.05, 4.69) is 5.32 Å². The molecule has 1 aromatic carbocycles. The molecule has 0 aromatic heterocycles. The number of rotatable bonds is 3. The van der Waals surface area contributed by atoms with Crippen LogP contribution in [0.15, 0.2) is 24.3 Å². The first-order valence-electron chi connectivity index (χ1n) is 6.34. The highest BCUT2D eigenvalue weighted by atomic mass is 19.4. The Balaban J connectivity index is 2.35. The van der Waals surface area contributed by atoms with E-state index in [0.29, 0.717) is 0 Å². The monoisotopic (exact) mass is 287 g/mol. The smallest absolute Gasteiger partial charge is 0.406 e. The van der Waals surface area contributed by atoms with Crippen molar-refractivity contribution >= 4 is 5.97 Å². The van der Waals surface area contributed by atoms with E-state index < -0.39 is 30.0 Å². The van der Waals surface area contributed by atoms with Crippen LogP contribution in [0.4, 0.5) is 13.2 Å². The Morgan fingerprint density at radius 2 is 2.10 bits per heavy atom. The van der Waals surface area contributed by atoms with Crippen molar-refractivity contribution in [3.05, 3.63) is 35.4 Å². The molecule has 1 aliphatic rings. The molecule has 0 amide bonds. The summed E-state index contributed by atoms with van der Waals surface area (Å²) in [4.78, 5) is 11.3. The predicted molar refractivity (Wildman–Crippen MR) is 67.4 cm³/mol. The molecule has 2 rings (SSSR count). The minimum Gasteiger partial charge on any atom is -0.481 e. The summed E-state index contributed by atoms with van der Waals surface area (Å²) >= 11 is 0. The second kappa shape index (κ2) is 5.09. The number of carboxylic acids is 1. The lowest BCUT2D eigenvalue weighted by Gasteiger charge is -2.32. The molecule has 2 N–H and O–H groups in total. The molecular weight excluding hydrogens is 271 g/mol. The van der Waals surface area contributed by atoms with Crippen LogP contribution >= 0.6 is 0 Å². The van der Waals surface area contributed by atoms with Gasteiger partial charge < -0.3 is 10.4 Å². The molecule has 20 heavy (non-hydrogen) atoms. The Bertz CT molecular complexity index is 515. The Kier molecular flexibility index (Phi) is 3.77. The van der Waals surface area contributed by atoms with Crippen molar-refractivity contribution in [1.82, 2.24) is 5.32 Å². The van der Waals surface area contributed by atoms with Crippen molar-refractivity contribution in [2.24, 2.45) is 11.3 Å². The van der Waals surface area contributed by atoms with Gasteiger partial charge in [0.2, 0.25) is 0 Å². The van der Waals surface area contributed by atoms with Crippen molar-refractivity contribution in [1.29, 1.82) is 0 Å². The van der Waals surface area contributed by atoms with Crippen molar-refractivity contribution < 1.29 is 23.1 Å². The topological polar surface area (TPSA) is 49.3 Å². The molecule has 1 fully saturated rings. The number of carboxylic acid groups (broad SMARTS) is 1. The van der Waals surface area contributed by atoms with Crippen molar-refractivity contribution in [3.63, 3.8) is 0 Å². The van der Waals surface area contributed by atoms with Crippen LogP contribution in [0, 0.1) is 18.3 Å². The number of hydrogen-bond acceptors (Lipinski definition) is 2. The summed E-state index contributed by atoms with van der Waals surface area (Å²) in [5, 5.41) is 11.7. The summed E-state index contributed by atoms with van der Waals surface area (Å²) in [6.45, 7) is 1.30. The molecule has 3 nitrogen and oxygen atoms in total. The minimum absolute atomic E-state index is 0.0557. The molecule has 2 atom stereocenters. The van der Waals surface area contributed by atoms with Crippen LogP contribution in [-0.2, 0) is 11.2 Å². The zero-order chi connectivity index (χ0) is 15.0. The molecule has 0 aliphatic carbocycles. The molecule has 110 valence electrons. The first-order chi connectivity index (χ1) is 9.29. The SMILES string of the molecule is Cc1ccccc1C[C@@H]1CNC[C@@]1(C(=O)O)C(F)(F)F. The Morgan fingerprint density at radius 1 is 1.45 bits per heavy atom. The maximum Gasteiger partial charge on any atom is 0.406 e. The molecule has 0 radical (unpaired) electrons. The van der Waals surface area contributed by atoms with E-state index in [-0.39, 0.29) is 13.0 Å². The van der Waals surface area contributed by atoms with Crippen molar-refractivity contribution in [2.75, 3.05) is 13.1 Å². The summed E-state index contributed by atoms with van der Waals surface area (Å²) in [5.74, 6) is -2.80. The lowest BCUT2D eigenvalue weighted by atomic mass is 9.74. The highest BCUT2D eigenvalue weighted by Gasteiger charge is 2.66. The van der Waals surface area contributed by atoms with Crippen LogP contribution in [0.3, 0.4) is 0 Å². The summed E-state index contributed by atoms with van der Waals surface area (Å²) in [5.41, 5.74) is -1.06. The van der Waals surface area contributed by atoms with E-state index in [1.807, 2.05) is 13.0 Å². The third kappa shape index (κ3) is 2.28. The number of aliphatic carboxylic acids is 1. The number of hydrogen-bond donors (Lipinski definition) is 2. The molecule has 1 aromatic rings. The Morgan fingerprint density at radius 3 is 2.65 bits per heavy atom. The number of halogens is 3. The van der Waals surface area contributed by atoms with E-state index in [4.69, 9.17) is 5.11 Å². The quantitative estimate of drug-likeness (QED) is 0.897. The zero-order valence-electron chi connectivity index (χ0n) is 11.0. The maximum atomic E-state index is 13.3. The largest absolute Gasteiger partial charge is 0.481 e. The van der Waals surface area contributed by atoms with Gasteiger partial charge in [0.05, 0.1) is 0 Å². The van der Waals surface area contributed by atoms with Crippen molar-refractivity contribution in [3.8, 4) is 0 Å². The number of benzene rings is 1. The molecule has 0 spiro atoms. The Labute approximate surface area is 114 Å². The molecule has 0 saturated carbocycles. The summed E-state index contributed by atoms with van der Waals surface area (Å²) in [6.07, 6.45) is -4.67. The van der Waals surface area contributed by atoms with Crippen LogP contribution in [0.25, 0.3) is 0 Å². The lowest BCUT2D eigenvalue weighted by molar-refractivity contribution is -0.236. The van der Waals surface area contributed by atoms with Crippen molar-refractivity contribution in [2.45, 2.75) is 19.5 Å². The number of nitrogens with one attached hydrogen (secondary N) is 1. The highest BCUT2D eigenvalue weighted by molar-refractivity contribution is 5.77. The maximum absolute atomic E-state index is 13.3. The van der Waals surface area contributed by atoms with E-state index in [1.165, 1.54) is 0 Å². The van der Waals surface area contributed by atoms with Gasteiger partial charge in [-0.15, -0.1) is 0 Å².